The SMILES string of the molecule is O=C(OC(CN1CCOCC1)c1ccc([N+](=O)[O-])cc1)c1ccc(F)cc1. The molecule has 0 spiro atoms. The second-order valence-corrected chi connectivity index (χ2v) is 6.16. The molecule has 7 nitrogen and oxygen atoms in total. The lowest BCUT2D eigenvalue weighted by Gasteiger charge is -2.30. The molecule has 0 N–H and O–H groups in total. The van der Waals surface area contributed by atoms with Gasteiger partial charge in [0.15, 0.2) is 0 Å². The molecule has 0 aliphatic carbocycles. The molecule has 0 saturated carbocycles. The first-order valence-electron chi connectivity index (χ1n) is 8.54. The minimum Gasteiger partial charge on any atom is -0.453 e. The van der Waals surface area contributed by atoms with Gasteiger partial charge in [0.1, 0.15) is 11.9 Å². The number of non-ortho nitro benzene ring substituents is 1. The summed E-state index contributed by atoms with van der Waals surface area (Å²) in [4.78, 5) is 24.9. The van der Waals surface area contributed by atoms with E-state index in [4.69, 9.17) is 9.47 Å². The quantitative estimate of drug-likeness (QED) is 0.439. The van der Waals surface area contributed by atoms with Crippen LogP contribution in [0, 0.1) is 15.9 Å². The molecular formula is C19H19FN2O5. The average Bonchev–Trinajstić information content (AvgIpc) is 2.69. The maximum absolute atomic E-state index is 13.1. The first kappa shape index (κ1) is 18.9. The molecule has 0 radical (unpaired) electrons. The number of nitro benzene ring substituents is 1. The number of nitrogens with zero attached hydrogens (tertiary/aromatic N) is 2. The second-order valence-electron chi connectivity index (χ2n) is 6.16. The Morgan fingerprint density at radius 2 is 1.78 bits per heavy atom. The van der Waals surface area contributed by atoms with Crippen LogP contribution in [0.15, 0.2) is 48.5 Å². The third-order valence-electron chi connectivity index (χ3n) is 4.33. The van der Waals surface area contributed by atoms with Crippen LogP contribution in [0.1, 0.15) is 22.0 Å². The van der Waals surface area contributed by atoms with Crippen molar-refractivity contribution in [2.75, 3.05) is 32.8 Å². The van der Waals surface area contributed by atoms with E-state index in [-0.39, 0.29) is 11.3 Å². The Balaban J connectivity index is 1.78. The van der Waals surface area contributed by atoms with E-state index in [1.807, 2.05) is 0 Å². The highest BCUT2D eigenvalue weighted by atomic mass is 19.1. The fraction of sp³-hybridized carbons (Fsp3) is 0.316. The largest absolute Gasteiger partial charge is 0.453 e. The molecule has 8 heteroatoms. The molecule has 27 heavy (non-hydrogen) atoms. The molecule has 2 aromatic carbocycles. The van der Waals surface area contributed by atoms with Crippen LogP contribution in [0.2, 0.25) is 0 Å². The summed E-state index contributed by atoms with van der Waals surface area (Å²) in [5, 5.41) is 10.9. The van der Waals surface area contributed by atoms with E-state index in [9.17, 15) is 19.3 Å². The van der Waals surface area contributed by atoms with Gasteiger partial charge in [0.05, 0.1) is 23.7 Å². The Labute approximate surface area is 155 Å². The molecule has 0 aromatic heterocycles. The van der Waals surface area contributed by atoms with Crippen molar-refractivity contribution in [2.24, 2.45) is 0 Å². The zero-order valence-corrected chi connectivity index (χ0v) is 14.5. The molecule has 1 fully saturated rings. The van der Waals surface area contributed by atoms with Gasteiger partial charge in [-0.25, -0.2) is 9.18 Å². The van der Waals surface area contributed by atoms with E-state index in [0.29, 0.717) is 38.4 Å². The lowest BCUT2D eigenvalue weighted by molar-refractivity contribution is -0.384. The van der Waals surface area contributed by atoms with Gasteiger partial charge in [-0.05, 0) is 42.0 Å². The minimum atomic E-state index is -0.610. The maximum atomic E-state index is 13.1. The summed E-state index contributed by atoms with van der Waals surface area (Å²) < 4.78 is 24.0. The number of hydrogen-bond donors (Lipinski definition) is 0. The van der Waals surface area contributed by atoms with Gasteiger partial charge < -0.3 is 9.47 Å². The number of carbonyl (C=O) groups excluding carboxylic acids is 1. The summed E-state index contributed by atoms with van der Waals surface area (Å²) >= 11 is 0. The van der Waals surface area contributed by atoms with Crippen molar-refractivity contribution in [3.63, 3.8) is 0 Å². The van der Waals surface area contributed by atoms with Crippen molar-refractivity contribution >= 4 is 11.7 Å². The molecule has 1 atom stereocenters. The highest BCUT2D eigenvalue weighted by Gasteiger charge is 2.23. The Hall–Kier alpha value is -2.84. The van der Waals surface area contributed by atoms with Crippen molar-refractivity contribution in [3.8, 4) is 0 Å². The molecule has 3 rings (SSSR count). The predicted octanol–water partition coefficient (Wildman–Crippen LogP) is 2.96. The number of rotatable bonds is 6. The first-order valence-corrected chi connectivity index (χ1v) is 8.54. The Morgan fingerprint density at radius 1 is 1.15 bits per heavy atom. The summed E-state index contributed by atoms with van der Waals surface area (Å²) in [7, 11) is 0. The zero-order valence-electron chi connectivity index (χ0n) is 14.5. The molecule has 1 saturated heterocycles. The van der Waals surface area contributed by atoms with Gasteiger partial charge in [-0.2, -0.15) is 0 Å². The highest BCUT2D eigenvalue weighted by Crippen LogP contribution is 2.24. The van der Waals surface area contributed by atoms with Crippen LogP contribution in [0.5, 0.6) is 0 Å². The summed E-state index contributed by atoms with van der Waals surface area (Å²) in [6.07, 6.45) is -0.610. The highest BCUT2D eigenvalue weighted by molar-refractivity contribution is 5.89. The van der Waals surface area contributed by atoms with Crippen LogP contribution in [0.4, 0.5) is 10.1 Å². The molecular weight excluding hydrogens is 355 g/mol. The van der Waals surface area contributed by atoms with Gasteiger partial charge in [-0.1, -0.05) is 0 Å². The fourth-order valence-electron chi connectivity index (χ4n) is 2.82. The standard InChI is InChI=1S/C19H19FN2O5/c20-16-5-1-15(2-6-16)19(23)27-18(13-21-9-11-26-12-10-21)14-3-7-17(8-4-14)22(24)25/h1-8,18H,9-13H2. The number of esters is 1. The Bertz CT molecular complexity index is 789. The van der Waals surface area contributed by atoms with Crippen molar-refractivity contribution < 1.29 is 23.6 Å². The molecule has 1 aliphatic rings. The summed E-state index contributed by atoms with van der Waals surface area (Å²) in [5.74, 6) is -1.02. The van der Waals surface area contributed by atoms with E-state index < -0.39 is 22.8 Å². The fourth-order valence-corrected chi connectivity index (χ4v) is 2.82. The molecule has 0 amide bonds. The van der Waals surface area contributed by atoms with E-state index in [0.717, 1.165) is 0 Å². The summed E-state index contributed by atoms with van der Waals surface area (Å²) in [5.41, 5.74) is 0.863. The molecule has 1 heterocycles. The number of hydrogen-bond acceptors (Lipinski definition) is 6. The molecule has 0 bridgehead atoms. The predicted molar refractivity (Wildman–Crippen MR) is 94.9 cm³/mol. The van der Waals surface area contributed by atoms with Crippen LogP contribution >= 0.6 is 0 Å². The zero-order chi connectivity index (χ0) is 19.2. The number of ether oxygens (including phenoxy) is 2. The number of benzene rings is 2. The lowest BCUT2D eigenvalue weighted by atomic mass is 10.1. The van der Waals surface area contributed by atoms with E-state index in [1.54, 1.807) is 12.1 Å². The van der Waals surface area contributed by atoms with Gasteiger partial charge >= 0.3 is 5.97 Å². The van der Waals surface area contributed by atoms with E-state index >= 15 is 0 Å². The second kappa shape index (κ2) is 8.70. The van der Waals surface area contributed by atoms with Crippen molar-refractivity contribution in [2.45, 2.75) is 6.10 Å². The number of carbonyl (C=O) groups is 1. The summed E-state index contributed by atoms with van der Waals surface area (Å²) in [6, 6.07) is 11.0. The van der Waals surface area contributed by atoms with Gasteiger partial charge in [-0.3, -0.25) is 15.0 Å². The third-order valence-corrected chi connectivity index (χ3v) is 4.33. The third kappa shape index (κ3) is 5.08. The monoisotopic (exact) mass is 374 g/mol. The van der Waals surface area contributed by atoms with Gasteiger partial charge in [0.2, 0.25) is 0 Å². The molecule has 1 aliphatic heterocycles. The number of halogens is 1. The Kier molecular flexibility index (Phi) is 6.10. The van der Waals surface area contributed by atoms with Crippen molar-refractivity contribution in [3.05, 3.63) is 75.6 Å². The summed E-state index contributed by atoms with van der Waals surface area (Å²) in [6.45, 7) is 3.04. The minimum absolute atomic E-state index is 0.0336. The van der Waals surface area contributed by atoms with Crippen LogP contribution in [0.3, 0.4) is 0 Å². The van der Waals surface area contributed by atoms with Gasteiger partial charge in [0.25, 0.3) is 5.69 Å². The molecule has 142 valence electrons. The van der Waals surface area contributed by atoms with Crippen LogP contribution in [0.25, 0.3) is 0 Å². The normalized spacial score (nSPS) is 15.9. The van der Waals surface area contributed by atoms with Crippen LogP contribution in [-0.2, 0) is 9.47 Å². The van der Waals surface area contributed by atoms with Gasteiger partial charge in [0, 0.05) is 31.8 Å². The topological polar surface area (TPSA) is 81.9 Å². The maximum Gasteiger partial charge on any atom is 0.338 e. The lowest BCUT2D eigenvalue weighted by Crippen LogP contribution is -2.39. The number of morpholine rings is 1. The number of nitro groups is 1. The van der Waals surface area contributed by atoms with Gasteiger partial charge in [-0.15, -0.1) is 0 Å². The Morgan fingerprint density at radius 3 is 2.37 bits per heavy atom. The average molecular weight is 374 g/mol. The van der Waals surface area contributed by atoms with Crippen molar-refractivity contribution in [1.29, 1.82) is 0 Å². The molecule has 1 unspecified atom stereocenters. The van der Waals surface area contributed by atoms with Crippen molar-refractivity contribution in [1.82, 2.24) is 4.90 Å². The molecule has 2 aromatic rings. The smallest absolute Gasteiger partial charge is 0.338 e. The van der Waals surface area contributed by atoms with E-state index in [1.165, 1.54) is 36.4 Å². The van der Waals surface area contributed by atoms with Crippen LogP contribution in [-0.4, -0.2) is 48.6 Å². The van der Waals surface area contributed by atoms with Crippen LogP contribution < -0.4 is 0 Å². The van der Waals surface area contributed by atoms with E-state index in [2.05, 4.69) is 4.90 Å². The first-order chi connectivity index (χ1) is 13.0.